The van der Waals surface area contributed by atoms with Crippen LogP contribution in [0.4, 0.5) is 0 Å². The molecule has 0 fully saturated rings. The van der Waals surface area contributed by atoms with Gasteiger partial charge in [-0.1, -0.05) is 74.4 Å². The molecule has 2 nitrogen and oxygen atoms in total. The number of aryl methyl sites for hydroxylation is 1. The summed E-state index contributed by atoms with van der Waals surface area (Å²) >= 11 is 0. The Bertz CT molecular complexity index is 592. The summed E-state index contributed by atoms with van der Waals surface area (Å²) in [6.45, 7) is 2.25. The zero-order valence-corrected chi connectivity index (χ0v) is 13.0. The van der Waals surface area contributed by atoms with Gasteiger partial charge in [0.1, 0.15) is 0 Å². The second-order valence-corrected chi connectivity index (χ2v) is 4.97. The third-order valence-electron chi connectivity index (χ3n) is 3.25. The quantitative estimate of drug-likeness (QED) is 0.636. The lowest BCUT2D eigenvalue weighted by Crippen LogP contribution is -1.85. The highest BCUT2D eigenvalue weighted by Crippen LogP contribution is 2.19. The maximum atomic E-state index is 9.13. The predicted molar refractivity (Wildman–Crippen MR) is 91.6 cm³/mol. The van der Waals surface area contributed by atoms with E-state index in [-0.39, 0.29) is 0 Å². The van der Waals surface area contributed by atoms with Crippen molar-refractivity contribution in [2.75, 3.05) is 0 Å². The first-order chi connectivity index (χ1) is 10.7. The van der Waals surface area contributed by atoms with Gasteiger partial charge in [0.15, 0.2) is 0 Å². The third-order valence-corrected chi connectivity index (χ3v) is 3.25. The van der Waals surface area contributed by atoms with Crippen molar-refractivity contribution in [3.8, 4) is 23.5 Å². The van der Waals surface area contributed by atoms with E-state index < -0.39 is 5.97 Å². The van der Waals surface area contributed by atoms with Crippen LogP contribution in [0.2, 0.25) is 0 Å². The summed E-state index contributed by atoms with van der Waals surface area (Å²) < 4.78 is 0. The van der Waals surface area contributed by atoms with Gasteiger partial charge in [-0.25, -0.2) is 4.79 Å². The van der Waals surface area contributed by atoms with Gasteiger partial charge in [-0.3, -0.25) is 0 Å². The van der Waals surface area contributed by atoms with Crippen molar-refractivity contribution < 1.29 is 9.90 Å². The van der Waals surface area contributed by atoms with Gasteiger partial charge >= 0.3 is 5.97 Å². The third kappa shape index (κ3) is 6.76. The van der Waals surface area contributed by atoms with Crippen LogP contribution >= 0.6 is 0 Å². The van der Waals surface area contributed by atoms with Crippen LogP contribution in [0.15, 0.2) is 54.6 Å². The minimum atomic E-state index is -1.22. The fraction of sp³-hybridized carbons (Fsp3) is 0.250. The van der Waals surface area contributed by atoms with Crippen LogP contribution in [0, 0.1) is 12.3 Å². The zero-order chi connectivity index (χ0) is 16.2. The van der Waals surface area contributed by atoms with Gasteiger partial charge in [-0.2, -0.15) is 0 Å². The van der Waals surface area contributed by atoms with Crippen LogP contribution in [0.5, 0.6) is 0 Å². The van der Waals surface area contributed by atoms with E-state index in [2.05, 4.69) is 67.9 Å². The molecule has 0 atom stereocenters. The fourth-order valence-electron chi connectivity index (χ4n) is 2.07. The molecule has 0 saturated carbocycles. The second kappa shape index (κ2) is 10.2. The highest BCUT2D eigenvalue weighted by atomic mass is 16.4. The summed E-state index contributed by atoms with van der Waals surface area (Å²) in [6.07, 6.45) is 9.47. The van der Waals surface area contributed by atoms with Gasteiger partial charge in [0, 0.05) is 5.92 Å². The van der Waals surface area contributed by atoms with Crippen molar-refractivity contribution in [2.24, 2.45) is 0 Å². The molecule has 2 aromatic rings. The van der Waals surface area contributed by atoms with E-state index in [1.807, 2.05) is 0 Å². The van der Waals surface area contributed by atoms with Crippen LogP contribution in [0.1, 0.15) is 31.7 Å². The highest BCUT2D eigenvalue weighted by Gasteiger charge is 1.97. The molecule has 0 heterocycles. The van der Waals surface area contributed by atoms with Gasteiger partial charge in [-0.05, 0) is 29.5 Å². The molecule has 0 aliphatic heterocycles. The topological polar surface area (TPSA) is 37.3 Å². The minimum absolute atomic E-state index is 1.21. The number of aliphatic carboxylic acids is 1. The average Bonchev–Trinajstić information content (AvgIpc) is 2.57. The summed E-state index contributed by atoms with van der Waals surface area (Å²) in [4.78, 5) is 9.13. The van der Waals surface area contributed by atoms with Gasteiger partial charge in [-0.15, -0.1) is 6.42 Å². The van der Waals surface area contributed by atoms with Crippen LogP contribution in [-0.4, -0.2) is 11.1 Å². The Hall–Kier alpha value is -2.53. The Labute approximate surface area is 132 Å². The Balaban J connectivity index is 0.000000422. The zero-order valence-electron chi connectivity index (χ0n) is 13.0. The first-order valence-electron chi connectivity index (χ1n) is 7.51. The Kier molecular flexibility index (Phi) is 8.15. The summed E-state index contributed by atoms with van der Waals surface area (Å²) in [5, 5.41) is 7.49. The smallest absolute Gasteiger partial charge is 0.381 e. The number of carbonyl (C=O) groups is 1. The van der Waals surface area contributed by atoms with E-state index in [4.69, 9.17) is 9.90 Å². The first-order valence-corrected chi connectivity index (χ1v) is 7.51. The van der Waals surface area contributed by atoms with E-state index >= 15 is 0 Å². The van der Waals surface area contributed by atoms with Crippen molar-refractivity contribution >= 4 is 5.97 Å². The number of hydrogen-bond acceptors (Lipinski definition) is 1. The Morgan fingerprint density at radius 3 is 2.05 bits per heavy atom. The number of unbranched alkanes of at least 4 members (excludes halogenated alkanes) is 2. The first kappa shape index (κ1) is 17.5. The molecule has 0 bridgehead atoms. The molecule has 2 heteroatoms. The molecule has 114 valence electrons. The van der Waals surface area contributed by atoms with E-state index in [0.29, 0.717) is 0 Å². The van der Waals surface area contributed by atoms with Crippen LogP contribution in [0.25, 0.3) is 11.1 Å². The molecule has 0 aliphatic carbocycles. The standard InChI is InChI=1S/C17H20.C3H2O2/c1-2-3-5-8-15-11-13-17(14-12-15)16-9-6-4-7-10-16;1-2-3(4)5/h4,6-7,9-14H,2-3,5,8H2,1H3;1H,(H,4,5). The molecule has 0 spiro atoms. The van der Waals surface area contributed by atoms with Crippen LogP contribution in [-0.2, 0) is 11.2 Å². The SMILES string of the molecule is C#CC(=O)O.CCCCCc1ccc(-c2ccccc2)cc1. The molecule has 0 aromatic heterocycles. The molecule has 0 saturated heterocycles. The van der Waals surface area contributed by atoms with Gasteiger partial charge < -0.3 is 5.11 Å². The van der Waals surface area contributed by atoms with E-state index in [9.17, 15) is 0 Å². The number of carboxylic acids is 1. The van der Waals surface area contributed by atoms with Crippen molar-refractivity contribution in [3.05, 3.63) is 60.2 Å². The molecule has 0 radical (unpaired) electrons. The molecular weight excluding hydrogens is 272 g/mol. The second-order valence-electron chi connectivity index (χ2n) is 4.97. The molecule has 22 heavy (non-hydrogen) atoms. The predicted octanol–water partition coefficient (Wildman–Crippen LogP) is 4.79. The molecule has 0 aliphatic rings. The van der Waals surface area contributed by atoms with Crippen molar-refractivity contribution in [2.45, 2.75) is 32.6 Å². The number of hydrogen-bond donors (Lipinski definition) is 1. The molecule has 0 amide bonds. The van der Waals surface area contributed by atoms with Crippen LogP contribution in [0.3, 0.4) is 0 Å². The monoisotopic (exact) mass is 294 g/mol. The maximum Gasteiger partial charge on any atom is 0.381 e. The number of benzene rings is 2. The average molecular weight is 294 g/mol. The highest BCUT2D eigenvalue weighted by molar-refractivity contribution is 5.85. The van der Waals surface area contributed by atoms with Gasteiger partial charge in [0.05, 0.1) is 0 Å². The molecular formula is C20H22O2. The van der Waals surface area contributed by atoms with Crippen molar-refractivity contribution in [1.29, 1.82) is 0 Å². The lowest BCUT2D eigenvalue weighted by Gasteiger charge is -2.04. The summed E-state index contributed by atoms with van der Waals surface area (Å²) in [7, 11) is 0. The summed E-state index contributed by atoms with van der Waals surface area (Å²) in [5.74, 6) is 0.227. The largest absolute Gasteiger partial charge is 0.472 e. The van der Waals surface area contributed by atoms with Crippen molar-refractivity contribution in [3.63, 3.8) is 0 Å². The Morgan fingerprint density at radius 1 is 1.00 bits per heavy atom. The minimum Gasteiger partial charge on any atom is -0.472 e. The Morgan fingerprint density at radius 2 is 1.55 bits per heavy atom. The number of rotatable bonds is 5. The van der Waals surface area contributed by atoms with Gasteiger partial charge in [0.25, 0.3) is 0 Å². The van der Waals surface area contributed by atoms with E-state index in [0.717, 1.165) is 0 Å². The maximum absolute atomic E-state index is 9.13. The molecule has 2 rings (SSSR count). The number of carboxylic acid groups (broad SMARTS) is 1. The summed E-state index contributed by atoms with van der Waals surface area (Å²) in [6, 6.07) is 19.5. The van der Waals surface area contributed by atoms with E-state index in [1.54, 1.807) is 0 Å². The molecule has 2 aromatic carbocycles. The van der Waals surface area contributed by atoms with Crippen LogP contribution < -0.4 is 0 Å². The van der Waals surface area contributed by atoms with Gasteiger partial charge in [0.2, 0.25) is 0 Å². The summed E-state index contributed by atoms with van der Waals surface area (Å²) in [5.41, 5.74) is 4.07. The lowest BCUT2D eigenvalue weighted by atomic mass is 10.0. The van der Waals surface area contributed by atoms with E-state index in [1.165, 1.54) is 48.3 Å². The molecule has 1 N–H and O–H groups in total. The normalized spacial score (nSPS) is 9.27. The van der Waals surface area contributed by atoms with Crippen molar-refractivity contribution in [1.82, 2.24) is 0 Å². The number of terminal acetylenes is 1. The molecule has 0 unspecified atom stereocenters. The fourth-order valence-corrected chi connectivity index (χ4v) is 2.07. The lowest BCUT2D eigenvalue weighted by molar-refractivity contribution is -0.130.